The fourth-order valence-corrected chi connectivity index (χ4v) is 5.14. The van der Waals surface area contributed by atoms with Crippen molar-refractivity contribution in [3.8, 4) is 0 Å². The van der Waals surface area contributed by atoms with Crippen LogP contribution in [-0.2, 0) is 11.2 Å². The standard InChI is InChI=1S/C24H34N6O/c1-17-9-8-10-18(2)29(17)13-6-3-7-14-30-21-12-5-4-11-19(21)15-20(23(30)31)22-26-16-27-24(25)28-22/h4-5,11-12,16-18,20H,3,6-10,13-15H2,1-2H3,(H2,25,26,27,28)/t17-,18+,20?. The Morgan fingerprint density at radius 3 is 2.55 bits per heavy atom. The highest BCUT2D eigenvalue weighted by Gasteiger charge is 2.35. The molecule has 0 spiro atoms. The Balaban J connectivity index is 1.39. The van der Waals surface area contributed by atoms with E-state index in [1.54, 1.807) is 0 Å². The Labute approximate surface area is 185 Å². The number of hydrogen-bond acceptors (Lipinski definition) is 6. The van der Waals surface area contributed by atoms with Crippen LogP contribution in [0.2, 0.25) is 0 Å². The van der Waals surface area contributed by atoms with Crippen LogP contribution in [0.1, 0.15) is 69.7 Å². The van der Waals surface area contributed by atoms with E-state index in [1.807, 2.05) is 23.1 Å². The number of carbonyl (C=O) groups is 1. The number of likely N-dealkylation sites (tertiary alicyclic amines) is 1. The first-order chi connectivity index (χ1) is 15.0. The van der Waals surface area contributed by atoms with Gasteiger partial charge in [-0.05, 0) is 64.1 Å². The van der Waals surface area contributed by atoms with Gasteiger partial charge in [-0.25, -0.2) is 9.97 Å². The topological polar surface area (TPSA) is 88.2 Å². The highest BCUT2D eigenvalue weighted by Crippen LogP contribution is 2.34. The first-order valence-corrected chi connectivity index (χ1v) is 11.6. The van der Waals surface area contributed by atoms with Gasteiger partial charge in [-0.15, -0.1) is 0 Å². The van der Waals surface area contributed by atoms with Crippen LogP contribution in [0.5, 0.6) is 0 Å². The summed E-state index contributed by atoms with van der Waals surface area (Å²) in [6, 6.07) is 9.53. The third kappa shape index (κ3) is 4.87. The molecule has 31 heavy (non-hydrogen) atoms. The van der Waals surface area contributed by atoms with Crippen LogP contribution in [0.25, 0.3) is 0 Å². The quantitative estimate of drug-likeness (QED) is 0.687. The van der Waals surface area contributed by atoms with E-state index >= 15 is 0 Å². The highest BCUT2D eigenvalue weighted by atomic mass is 16.2. The van der Waals surface area contributed by atoms with Gasteiger partial charge in [0.2, 0.25) is 11.9 Å². The van der Waals surface area contributed by atoms with E-state index in [9.17, 15) is 4.79 Å². The number of anilines is 2. The Hall–Kier alpha value is -2.54. The summed E-state index contributed by atoms with van der Waals surface area (Å²) >= 11 is 0. The van der Waals surface area contributed by atoms with Crippen molar-refractivity contribution in [3.05, 3.63) is 42.0 Å². The number of para-hydroxylation sites is 1. The lowest BCUT2D eigenvalue weighted by molar-refractivity contribution is -0.120. The molecular weight excluding hydrogens is 388 g/mol. The van der Waals surface area contributed by atoms with Gasteiger partial charge < -0.3 is 10.6 Å². The predicted molar refractivity (Wildman–Crippen MR) is 123 cm³/mol. The molecule has 2 aliphatic heterocycles. The Kier molecular flexibility index (Phi) is 6.80. The molecule has 0 aliphatic carbocycles. The summed E-state index contributed by atoms with van der Waals surface area (Å²) in [4.78, 5) is 30.3. The van der Waals surface area contributed by atoms with Crippen molar-refractivity contribution in [2.24, 2.45) is 0 Å². The number of amides is 1. The smallest absolute Gasteiger partial charge is 0.238 e. The zero-order valence-corrected chi connectivity index (χ0v) is 18.7. The maximum atomic E-state index is 13.4. The molecule has 1 saturated heterocycles. The van der Waals surface area contributed by atoms with Crippen molar-refractivity contribution in [1.29, 1.82) is 0 Å². The Morgan fingerprint density at radius 1 is 1.03 bits per heavy atom. The van der Waals surface area contributed by atoms with Crippen LogP contribution in [0.15, 0.2) is 30.6 Å². The normalized spacial score (nSPS) is 24.3. The van der Waals surface area contributed by atoms with E-state index in [4.69, 9.17) is 5.73 Å². The number of fused-ring (bicyclic) bond motifs is 1. The van der Waals surface area contributed by atoms with E-state index < -0.39 is 5.92 Å². The van der Waals surface area contributed by atoms with E-state index in [0.717, 1.165) is 37.2 Å². The molecule has 1 aromatic carbocycles. The molecule has 2 aromatic rings. The molecule has 3 heterocycles. The number of unbranched alkanes of at least 4 members (excludes halogenated alkanes) is 2. The molecule has 7 heteroatoms. The second-order valence-corrected chi connectivity index (χ2v) is 9.00. The summed E-state index contributed by atoms with van der Waals surface area (Å²) in [6.45, 7) is 6.58. The third-order valence-corrected chi connectivity index (χ3v) is 6.87. The highest BCUT2D eigenvalue weighted by molar-refractivity contribution is 6.00. The van der Waals surface area contributed by atoms with Crippen LogP contribution < -0.4 is 10.6 Å². The van der Waals surface area contributed by atoms with Crippen molar-refractivity contribution >= 4 is 17.5 Å². The van der Waals surface area contributed by atoms with Gasteiger partial charge >= 0.3 is 0 Å². The summed E-state index contributed by atoms with van der Waals surface area (Å²) in [5, 5.41) is 0. The summed E-state index contributed by atoms with van der Waals surface area (Å²) < 4.78 is 0. The summed E-state index contributed by atoms with van der Waals surface area (Å²) in [5.74, 6) is 0.271. The minimum Gasteiger partial charge on any atom is -0.368 e. The SMILES string of the molecule is C[C@@H]1CCC[C@H](C)N1CCCCCN1C(=O)C(c2ncnc(N)n2)Cc2ccccc21. The monoisotopic (exact) mass is 422 g/mol. The number of aromatic nitrogens is 3. The number of nitrogens with zero attached hydrogens (tertiary/aromatic N) is 5. The van der Waals surface area contributed by atoms with Gasteiger partial charge in [0, 0.05) is 24.3 Å². The second kappa shape index (κ2) is 9.73. The lowest BCUT2D eigenvalue weighted by atomic mass is 9.90. The van der Waals surface area contributed by atoms with E-state index in [0.29, 0.717) is 24.3 Å². The number of nitrogens with two attached hydrogens (primary N) is 1. The molecule has 166 valence electrons. The van der Waals surface area contributed by atoms with E-state index in [-0.39, 0.29) is 11.9 Å². The Morgan fingerprint density at radius 2 is 1.77 bits per heavy atom. The number of piperidine rings is 1. The second-order valence-electron chi connectivity index (χ2n) is 9.00. The van der Waals surface area contributed by atoms with Crippen molar-refractivity contribution in [2.75, 3.05) is 23.7 Å². The van der Waals surface area contributed by atoms with Gasteiger partial charge in [0.05, 0.1) is 0 Å². The lowest BCUT2D eigenvalue weighted by Crippen LogP contribution is -2.44. The zero-order chi connectivity index (χ0) is 21.8. The molecule has 4 rings (SSSR count). The third-order valence-electron chi connectivity index (χ3n) is 6.87. The summed E-state index contributed by atoms with van der Waals surface area (Å²) in [5.41, 5.74) is 7.92. The largest absolute Gasteiger partial charge is 0.368 e. The minimum absolute atomic E-state index is 0.0579. The van der Waals surface area contributed by atoms with Gasteiger partial charge in [-0.1, -0.05) is 31.0 Å². The first kappa shape index (κ1) is 21.7. The first-order valence-electron chi connectivity index (χ1n) is 11.6. The van der Waals surface area contributed by atoms with E-state index in [2.05, 4.69) is 39.8 Å². The van der Waals surface area contributed by atoms with Gasteiger partial charge in [-0.3, -0.25) is 9.69 Å². The zero-order valence-electron chi connectivity index (χ0n) is 18.7. The van der Waals surface area contributed by atoms with Gasteiger partial charge in [0.15, 0.2) is 0 Å². The summed E-state index contributed by atoms with van der Waals surface area (Å²) in [7, 11) is 0. The molecule has 2 aliphatic rings. The molecule has 1 aromatic heterocycles. The average molecular weight is 423 g/mol. The number of hydrogen-bond donors (Lipinski definition) is 1. The minimum atomic E-state index is -0.407. The molecule has 0 radical (unpaired) electrons. The number of benzene rings is 1. The fourth-order valence-electron chi connectivity index (χ4n) is 5.14. The van der Waals surface area contributed by atoms with Crippen molar-refractivity contribution in [1.82, 2.24) is 19.9 Å². The van der Waals surface area contributed by atoms with Crippen molar-refractivity contribution in [3.63, 3.8) is 0 Å². The molecule has 1 unspecified atom stereocenters. The van der Waals surface area contributed by atoms with Crippen LogP contribution in [0.3, 0.4) is 0 Å². The van der Waals surface area contributed by atoms with Gasteiger partial charge in [-0.2, -0.15) is 4.98 Å². The maximum Gasteiger partial charge on any atom is 0.238 e. The Bertz CT molecular complexity index is 893. The number of nitrogen functional groups attached to an aromatic ring is 1. The van der Waals surface area contributed by atoms with Crippen LogP contribution in [0, 0.1) is 0 Å². The molecule has 1 fully saturated rings. The molecule has 0 bridgehead atoms. The molecule has 0 saturated carbocycles. The summed E-state index contributed by atoms with van der Waals surface area (Å²) in [6.07, 6.45) is 9.24. The van der Waals surface area contributed by atoms with Crippen LogP contribution in [-0.4, -0.2) is 50.9 Å². The van der Waals surface area contributed by atoms with Gasteiger partial charge in [0.1, 0.15) is 18.1 Å². The fraction of sp³-hybridized carbons (Fsp3) is 0.583. The number of rotatable bonds is 7. The van der Waals surface area contributed by atoms with E-state index in [1.165, 1.54) is 32.0 Å². The number of carbonyl (C=O) groups excluding carboxylic acids is 1. The molecule has 2 N–H and O–H groups in total. The van der Waals surface area contributed by atoms with Crippen LogP contribution >= 0.6 is 0 Å². The van der Waals surface area contributed by atoms with Gasteiger partial charge in [0.25, 0.3) is 0 Å². The molecular formula is C24H34N6O. The molecule has 7 nitrogen and oxygen atoms in total. The molecule has 1 amide bonds. The maximum absolute atomic E-state index is 13.4. The molecule has 3 atom stereocenters. The lowest BCUT2D eigenvalue weighted by Gasteiger charge is -2.39. The van der Waals surface area contributed by atoms with Crippen molar-refractivity contribution in [2.45, 2.75) is 76.8 Å². The van der Waals surface area contributed by atoms with Crippen molar-refractivity contribution < 1.29 is 4.79 Å². The average Bonchev–Trinajstić information content (AvgIpc) is 2.76. The predicted octanol–water partition coefficient (Wildman–Crippen LogP) is 3.56. The van der Waals surface area contributed by atoms with Crippen LogP contribution in [0.4, 0.5) is 11.6 Å².